The Morgan fingerprint density at radius 3 is 2.18 bits per heavy atom. The SMILES string of the molecule is CCNC(=O)C(Cc1ccccc1)N(Cc1ccc(Br)cc1)C(=O)CN(c1ccccc1OCC)S(C)(=O)=O. The molecule has 0 bridgehead atoms. The number of halogens is 1. The van der Waals surface area contributed by atoms with Gasteiger partial charge in [0, 0.05) is 24.0 Å². The summed E-state index contributed by atoms with van der Waals surface area (Å²) in [5, 5.41) is 2.85. The summed E-state index contributed by atoms with van der Waals surface area (Å²) in [4.78, 5) is 28.9. The largest absolute Gasteiger partial charge is 0.492 e. The summed E-state index contributed by atoms with van der Waals surface area (Å²) in [6.07, 6.45) is 1.32. The average Bonchev–Trinajstić information content (AvgIpc) is 2.91. The van der Waals surface area contributed by atoms with E-state index in [2.05, 4.69) is 21.2 Å². The standard InChI is InChI=1S/C29H34BrN3O5S/c1-4-31-29(35)26(19-22-11-7-6-8-12-22)32(20-23-15-17-24(30)18-16-23)28(34)21-33(39(3,36)37)25-13-9-10-14-27(25)38-5-2/h6-18,26H,4-5,19-21H2,1-3H3,(H,31,35). The highest BCUT2D eigenvalue weighted by Crippen LogP contribution is 2.30. The predicted octanol–water partition coefficient (Wildman–Crippen LogP) is 4.39. The van der Waals surface area contributed by atoms with Gasteiger partial charge >= 0.3 is 0 Å². The first-order chi connectivity index (χ1) is 18.6. The number of likely N-dealkylation sites (N-methyl/N-ethyl adjacent to an activating group) is 1. The van der Waals surface area contributed by atoms with Crippen molar-refractivity contribution in [2.24, 2.45) is 0 Å². The molecule has 0 spiro atoms. The molecule has 1 unspecified atom stereocenters. The van der Waals surface area contributed by atoms with Crippen LogP contribution in [0.5, 0.6) is 5.75 Å². The zero-order chi connectivity index (χ0) is 28.4. The van der Waals surface area contributed by atoms with Crippen LogP contribution in [0.4, 0.5) is 5.69 Å². The molecule has 39 heavy (non-hydrogen) atoms. The van der Waals surface area contributed by atoms with Gasteiger partial charge in [0.25, 0.3) is 0 Å². The number of amides is 2. The van der Waals surface area contributed by atoms with Crippen molar-refractivity contribution >= 4 is 43.5 Å². The molecule has 0 aliphatic rings. The highest BCUT2D eigenvalue weighted by Gasteiger charge is 2.33. The molecule has 1 atom stereocenters. The third-order valence-electron chi connectivity index (χ3n) is 6.00. The van der Waals surface area contributed by atoms with Crippen molar-refractivity contribution in [3.05, 3.63) is 94.5 Å². The Hall–Kier alpha value is -3.37. The van der Waals surface area contributed by atoms with Gasteiger partial charge in [0.15, 0.2) is 0 Å². The number of benzene rings is 3. The molecule has 0 aliphatic heterocycles. The van der Waals surface area contributed by atoms with Crippen LogP contribution in [0.3, 0.4) is 0 Å². The number of sulfonamides is 1. The fourth-order valence-corrected chi connectivity index (χ4v) is 5.29. The number of hydrogen-bond acceptors (Lipinski definition) is 5. The fourth-order valence-electron chi connectivity index (χ4n) is 4.17. The molecule has 3 aromatic rings. The zero-order valence-corrected chi connectivity index (χ0v) is 24.7. The minimum Gasteiger partial charge on any atom is -0.492 e. The van der Waals surface area contributed by atoms with Crippen LogP contribution in [0.15, 0.2) is 83.3 Å². The molecular weight excluding hydrogens is 582 g/mol. The Bertz CT molecular complexity index is 1350. The lowest BCUT2D eigenvalue weighted by Gasteiger charge is -2.33. The Kier molecular flexibility index (Phi) is 10.9. The summed E-state index contributed by atoms with van der Waals surface area (Å²) in [7, 11) is -3.88. The lowest BCUT2D eigenvalue weighted by Crippen LogP contribution is -2.53. The van der Waals surface area contributed by atoms with Gasteiger partial charge in [-0.1, -0.05) is 70.5 Å². The van der Waals surface area contributed by atoms with E-state index >= 15 is 0 Å². The van der Waals surface area contributed by atoms with Crippen LogP contribution in [0.1, 0.15) is 25.0 Å². The minimum absolute atomic E-state index is 0.117. The van der Waals surface area contributed by atoms with E-state index in [0.29, 0.717) is 18.9 Å². The van der Waals surface area contributed by atoms with Crippen LogP contribution in [-0.4, -0.2) is 57.1 Å². The molecule has 0 radical (unpaired) electrons. The lowest BCUT2D eigenvalue weighted by molar-refractivity contribution is -0.140. The van der Waals surface area contributed by atoms with E-state index in [9.17, 15) is 18.0 Å². The van der Waals surface area contributed by atoms with E-state index < -0.39 is 28.5 Å². The smallest absolute Gasteiger partial charge is 0.244 e. The predicted molar refractivity (Wildman–Crippen MR) is 157 cm³/mol. The van der Waals surface area contributed by atoms with Gasteiger partial charge in [0.2, 0.25) is 21.8 Å². The Labute approximate surface area is 239 Å². The van der Waals surface area contributed by atoms with Crippen molar-refractivity contribution in [1.29, 1.82) is 0 Å². The van der Waals surface area contributed by atoms with Gasteiger partial charge in [0.05, 0.1) is 18.6 Å². The number of hydrogen-bond donors (Lipinski definition) is 1. The highest BCUT2D eigenvalue weighted by atomic mass is 79.9. The number of nitrogens with zero attached hydrogens (tertiary/aromatic N) is 2. The van der Waals surface area contributed by atoms with Gasteiger partial charge in [0.1, 0.15) is 18.3 Å². The highest BCUT2D eigenvalue weighted by molar-refractivity contribution is 9.10. The van der Waals surface area contributed by atoms with Crippen molar-refractivity contribution in [3.63, 3.8) is 0 Å². The number of anilines is 1. The minimum atomic E-state index is -3.88. The molecule has 0 saturated heterocycles. The fraction of sp³-hybridized carbons (Fsp3) is 0.310. The molecule has 0 fully saturated rings. The van der Waals surface area contributed by atoms with Gasteiger partial charge in [-0.25, -0.2) is 8.42 Å². The van der Waals surface area contributed by atoms with Crippen molar-refractivity contribution in [1.82, 2.24) is 10.2 Å². The second-order valence-corrected chi connectivity index (χ2v) is 11.7. The second kappa shape index (κ2) is 14.1. The molecule has 0 heterocycles. The quantitative estimate of drug-likeness (QED) is 0.308. The Balaban J connectivity index is 2.05. The van der Waals surface area contributed by atoms with E-state index in [-0.39, 0.29) is 24.6 Å². The number of carbonyl (C=O) groups is 2. The molecule has 2 amide bonds. The van der Waals surface area contributed by atoms with Crippen LogP contribution in [0.2, 0.25) is 0 Å². The van der Waals surface area contributed by atoms with Gasteiger partial charge in [-0.3, -0.25) is 13.9 Å². The normalized spacial score (nSPS) is 11.9. The lowest BCUT2D eigenvalue weighted by atomic mass is 10.0. The van der Waals surface area contributed by atoms with E-state index in [4.69, 9.17) is 4.74 Å². The number of para-hydroxylation sites is 2. The molecule has 1 N–H and O–H groups in total. The summed E-state index contributed by atoms with van der Waals surface area (Å²) >= 11 is 3.43. The molecule has 208 valence electrons. The molecule has 0 aromatic heterocycles. The number of nitrogens with one attached hydrogen (secondary N) is 1. The molecule has 0 saturated carbocycles. The van der Waals surface area contributed by atoms with Crippen LogP contribution in [0, 0.1) is 0 Å². The molecule has 3 aromatic carbocycles. The van der Waals surface area contributed by atoms with Crippen LogP contribution in [-0.2, 0) is 32.6 Å². The number of ether oxygens (including phenoxy) is 1. The van der Waals surface area contributed by atoms with E-state index in [0.717, 1.165) is 26.2 Å². The topological polar surface area (TPSA) is 96.0 Å². The van der Waals surface area contributed by atoms with Gasteiger partial charge in [-0.05, 0) is 49.2 Å². The van der Waals surface area contributed by atoms with Crippen molar-refractivity contribution < 1.29 is 22.7 Å². The summed E-state index contributed by atoms with van der Waals surface area (Å²) in [5.41, 5.74) is 1.94. The average molecular weight is 617 g/mol. The van der Waals surface area contributed by atoms with Crippen molar-refractivity contribution in [3.8, 4) is 5.75 Å². The van der Waals surface area contributed by atoms with Crippen molar-refractivity contribution in [2.75, 3.05) is 30.3 Å². The maximum absolute atomic E-state index is 14.0. The second-order valence-electron chi connectivity index (χ2n) is 8.92. The first kappa shape index (κ1) is 30.2. The third kappa shape index (κ3) is 8.56. The van der Waals surface area contributed by atoms with Crippen LogP contribution < -0.4 is 14.4 Å². The Morgan fingerprint density at radius 2 is 1.56 bits per heavy atom. The molecule has 0 aliphatic carbocycles. The van der Waals surface area contributed by atoms with E-state index in [1.54, 1.807) is 31.2 Å². The first-order valence-electron chi connectivity index (χ1n) is 12.7. The monoisotopic (exact) mass is 615 g/mol. The van der Waals surface area contributed by atoms with E-state index in [1.807, 2.05) is 61.5 Å². The first-order valence-corrected chi connectivity index (χ1v) is 15.3. The summed E-state index contributed by atoms with van der Waals surface area (Å²) in [5.74, 6) is -0.475. The van der Waals surface area contributed by atoms with Crippen molar-refractivity contribution in [2.45, 2.75) is 32.9 Å². The van der Waals surface area contributed by atoms with Gasteiger partial charge in [-0.2, -0.15) is 0 Å². The Morgan fingerprint density at radius 1 is 0.923 bits per heavy atom. The number of carbonyl (C=O) groups excluding carboxylic acids is 2. The van der Waals surface area contributed by atoms with Crippen LogP contribution in [0.25, 0.3) is 0 Å². The molecule has 8 nitrogen and oxygen atoms in total. The molecule has 3 rings (SSSR count). The number of rotatable bonds is 13. The summed E-state index contributed by atoms with van der Waals surface area (Å²) in [6, 6.07) is 22.7. The molecule has 10 heteroatoms. The maximum Gasteiger partial charge on any atom is 0.244 e. The molecular formula is C29H34BrN3O5S. The van der Waals surface area contributed by atoms with Gasteiger partial charge < -0.3 is 15.0 Å². The summed E-state index contributed by atoms with van der Waals surface area (Å²) < 4.78 is 33.5. The zero-order valence-electron chi connectivity index (χ0n) is 22.3. The van der Waals surface area contributed by atoms with Crippen LogP contribution >= 0.6 is 15.9 Å². The maximum atomic E-state index is 14.0. The van der Waals surface area contributed by atoms with E-state index in [1.165, 1.54) is 4.90 Å². The third-order valence-corrected chi connectivity index (χ3v) is 7.66. The summed E-state index contributed by atoms with van der Waals surface area (Å²) in [6.45, 7) is 3.95. The van der Waals surface area contributed by atoms with Gasteiger partial charge in [-0.15, -0.1) is 0 Å².